The zero-order valence-corrected chi connectivity index (χ0v) is 10.4. The van der Waals surface area contributed by atoms with E-state index < -0.39 is 5.97 Å². The average Bonchev–Trinajstić information content (AvgIpc) is 2.12. The molecular weight excluding hydrogens is 203 g/mol. The molecule has 0 aliphatic heterocycles. The third-order valence-corrected chi connectivity index (χ3v) is 0.994. The van der Waals surface area contributed by atoms with E-state index in [1.807, 2.05) is 0 Å². The summed E-state index contributed by atoms with van der Waals surface area (Å²) >= 11 is 0. The minimum Gasteiger partial charge on any atom is -0.481 e. The van der Waals surface area contributed by atoms with Crippen LogP contribution in [0.2, 0.25) is 0 Å². The first kappa shape index (κ1) is 23.1. The molecule has 0 rings (SSSR count). The molecule has 0 fully saturated rings. The van der Waals surface area contributed by atoms with Gasteiger partial charge in [0.1, 0.15) is 0 Å². The molecule has 1 N–H and O–H groups in total. The van der Waals surface area contributed by atoms with Gasteiger partial charge in [0.15, 0.2) is 0 Å². The first-order valence-electron chi connectivity index (χ1n) is 4.40. The second-order valence-electron chi connectivity index (χ2n) is 1.85. The van der Waals surface area contributed by atoms with Gasteiger partial charge in [0.05, 0.1) is 0 Å². The van der Waals surface area contributed by atoms with Crippen molar-refractivity contribution < 1.29 is 28.5 Å². The van der Waals surface area contributed by atoms with Crippen LogP contribution in [-0.4, -0.2) is 11.1 Å². The summed E-state index contributed by atoms with van der Waals surface area (Å²) in [5.74, 6) is -0.682. The summed E-state index contributed by atoms with van der Waals surface area (Å²) in [5, 5.41) is 8.14. The van der Waals surface area contributed by atoms with Crippen molar-refractivity contribution in [1.82, 2.24) is 0 Å². The van der Waals surface area contributed by atoms with Crippen LogP contribution in [0.5, 0.6) is 0 Å². The number of rotatable bonds is 4. The van der Waals surface area contributed by atoms with Crippen molar-refractivity contribution in [3.63, 3.8) is 0 Å². The second kappa shape index (κ2) is 29.6. The van der Waals surface area contributed by atoms with E-state index in [1.54, 1.807) is 13.8 Å². The van der Waals surface area contributed by atoms with Crippen LogP contribution < -0.4 is 0 Å². The quantitative estimate of drug-likeness (QED) is 0.588. The summed E-state index contributed by atoms with van der Waals surface area (Å²) in [6.07, 6.45) is 3.28. The number of carboxylic acids is 1. The Bertz CT molecular complexity index is 75.3. The van der Waals surface area contributed by atoms with Crippen LogP contribution in [0.25, 0.3) is 0 Å². The number of carboxylic acid groups (broad SMARTS) is 1. The van der Waals surface area contributed by atoms with Crippen LogP contribution in [-0.2, 0) is 23.4 Å². The zero-order valence-electron chi connectivity index (χ0n) is 9.05. The normalized spacial score (nSPS) is 6.54. The number of aliphatic carboxylic acids is 1. The van der Waals surface area contributed by atoms with Gasteiger partial charge in [-0.1, -0.05) is 19.8 Å². The van der Waals surface area contributed by atoms with Gasteiger partial charge in [-0.3, -0.25) is 4.79 Å². The Morgan fingerprint density at radius 2 is 1.54 bits per heavy atom. The molecule has 0 aliphatic carbocycles. The SMILES string of the molecule is CCCCCC(=O)O.[CH2-]C.[CH2-]C.[V+2]. The smallest absolute Gasteiger partial charge is 0.481 e. The van der Waals surface area contributed by atoms with E-state index in [-0.39, 0.29) is 18.6 Å². The number of hydrogen-bond acceptors (Lipinski definition) is 1. The fourth-order valence-corrected chi connectivity index (χ4v) is 0.526. The number of hydrogen-bond donors (Lipinski definition) is 1. The summed E-state index contributed by atoms with van der Waals surface area (Å²) in [4.78, 5) is 9.87. The molecule has 0 aliphatic rings. The maximum absolute atomic E-state index is 9.87. The summed E-state index contributed by atoms with van der Waals surface area (Å²) in [7, 11) is 0. The molecule has 1 radical (unpaired) electrons. The topological polar surface area (TPSA) is 37.3 Å². The van der Waals surface area contributed by atoms with Crippen LogP contribution >= 0.6 is 0 Å². The molecule has 0 saturated carbocycles. The second-order valence-corrected chi connectivity index (χ2v) is 1.85. The molecule has 2 nitrogen and oxygen atoms in total. The predicted octanol–water partition coefficient (Wildman–Crippen LogP) is 3.33. The van der Waals surface area contributed by atoms with Gasteiger partial charge in [-0.2, -0.15) is 13.8 Å². The van der Waals surface area contributed by atoms with Crippen molar-refractivity contribution in [2.45, 2.75) is 46.5 Å². The van der Waals surface area contributed by atoms with E-state index in [2.05, 4.69) is 20.8 Å². The molecule has 0 aromatic rings. The average molecular weight is 225 g/mol. The Morgan fingerprint density at radius 3 is 1.77 bits per heavy atom. The minimum absolute atomic E-state index is 0. The van der Waals surface area contributed by atoms with E-state index in [1.165, 1.54) is 0 Å². The summed E-state index contributed by atoms with van der Waals surface area (Å²) in [6.45, 7) is 12.1. The van der Waals surface area contributed by atoms with Crippen LogP contribution in [0.3, 0.4) is 0 Å². The van der Waals surface area contributed by atoms with Crippen molar-refractivity contribution in [2.24, 2.45) is 0 Å². The van der Waals surface area contributed by atoms with Gasteiger partial charge in [0, 0.05) is 6.42 Å². The van der Waals surface area contributed by atoms with E-state index in [0.717, 1.165) is 19.3 Å². The Balaban J connectivity index is -0.0000000712. The molecule has 0 saturated heterocycles. The van der Waals surface area contributed by atoms with Crippen molar-refractivity contribution in [3.8, 4) is 0 Å². The van der Waals surface area contributed by atoms with Crippen LogP contribution in [0.1, 0.15) is 46.5 Å². The molecule has 0 aromatic carbocycles. The van der Waals surface area contributed by atoms with Crippen LogP contribution in [0.4, 0.5) is 0 Å². The van der Waals surface area contributed by atoms with Gasteiger partial charge in [-0.05, 0) is 6.42 Å². The number of carbonyl (C=O) groups is 1. The van der Waals surface area contributed by atoms with Crippen molar-refractivity contribution in [1.29, 1.82) is 0 Å². The maximum Gasteiger partial charge on any atom is 2.00 e. The van der Waals surface area contributed by atoms with Gasteiger partial charge in [-0.25, -0.2) is 0 Å². The van der Waals surface area contributed by atoms with Gasteiger partial charge < -0.3 is 19.0 Å². The van der Waals surface area contributed by atoms with Gasteiger partial charge in [0.2, 0.25) is 0 Å². The molecular formula is C10H22O2V. The molecule has 0 heterocycles. The minimum atomic E-state index is -0.682. The standard InChI is InChI=1S/C6H12O2.2C2H5.V/c1-2-3-4-5-6(7)8;2*1-2;/h2-5H2,1H3,(H,7,8);2*1H2,2H3;/q;2*-1;+2. The predicted molar refractivity (Wildman–Crippen MR) is 53.8 cm³/mol. The maximum atomic E-state index is 9.87. The molecule has 0 amide bonds. The Kier molecular flexibility index (Phi) is 52.7. The summed E-state index contributed by atoms with van der Waals surface area (Å²) in [5.41, 5.74) is 0. The zero-order chi connectivity index (χ0) is 10.4. The molecule has 0 spiro atoms. The molecule has 3 heteroatoms. The third-order valence-electron chi connectivity index (χ3n) is 0.994. The van der Waals surface area contributed by atoms with E-state index in [4.69, 9.17) is 5.11 Å². The fraction of sp³-hybridized carbons (Fsp3) is 0.700. The van der Waals surface area contributed by atoms with Crippen molar-refractivity contribution in [2.75, 3.05) is 0 Å². The van der Waals surface area contributed by atoms with Gasteiger partial charge in [-0.15, -0.1) is 0 Å². The third kappa shape index (κ3) is 47.7. The van der Waals surface area contributed by atoms with Gasteiger partial charge >= 0.3 is 24.5 Å². The number of unbranched alkanes of at least 4 members (excludes halogenated alkanes) is 2. The largest absolute Gasteiger partial charge is 2.00 e. The summed E-state index contributed by atoms with van der Waals surface area (Å²) in [6, 6.07) is 0. The van der Waals surface area contributed by atoms with Crippen LogP contribution in [0, 0.1) is 13.8 Å². The Morgan fingerprint density at radius 1 is 1.15 bits per heavy atom. The molecule has 0 unspecified atom stereocenters. The monoisotopic (exact) mass is 225 g/mol. The molecule has 13 heavy (non-hydrogen) atoms. The van der Waals surface area contributed by atoms with Crippen molar-refractivity contribution >= 4 is 5.97 Å². The fourth-order valence-electron chi connectivity index (χ4n) is 0.526. The molecule has 79 valence electrons. The van der Waals surface area contributed by atoms with E-state index >= 15 is 0 Å². The first-order chi connectivity index (χ1) is 5.77. The Labute approximate surface area is 95.0 Å². The van der Waals surface area contributed by atoms with Crippen LogP contribution in [0.15, 0.2) is 0 Å². The molecule has 0 bridgehead atoms. The van der Waals surface area contributed by atoms with E-state index in [9.17, 15) is 4.79 Å². The van der Waals surface area contributed by atoms with E-state index in [0.29, 0.717) is 6.42 Å². The van der Waals surface area contributed by atoms with Crippen molar-refractivity contribution in [3.05, 3.63) is 13.8 Å². The first-order valence-corrected chi connectivity index (χ1v) is 4.40. The summed E-state index contributed by atoms with van der Waals surface area (Å²) < 4.78 is 0. The van der Waals surface area contributed by atoms with Gasteiger partial charge in [0.25, 0.3) is 0 Å². The molecule has 0 atom stereocenters. The molecule has 0 aromatic heterocycles. The Hall–Kier alpha value is 0.0544.